The molecular formula is C19H25N3O3S. The maximum absolute atomic E-state index is 12.6. The highest BCUT2D eigenvalue weighted by Crippen LogP contribution is 2.24. The van der Waals surface area contributed by atoms with Crippen molar-refractivity contribution in [2.75, 3.05) is 5.32 Å². The molecule has 0 bridgehead atoms. The monoisotopic (exact) mass is 375 g/mol. The van der Waals surface area contributed by atoms with Crippen LogP contribution >= 0.6 is 11.8 Å². The van der Waals surface area contributed by atoms with Crippen LogP contribution in [-0.4, -0.2) is 27.2 Å². The number of ether oxygens (including phenoxy) is 1. The number of H-pyrrole nitrogens is 1. The van der Waals surface area contributed by atoms with Crippen LogP contribution in [0.2, 0.25) is 0 Å². The summed E-state index contributed by atoms with van der Waals surface area (Å²) in [6.07, 6.45) is 0.661. The van der Waals surface area contributed by atoms with Crippen molar-refractivity contribution < 1.29 is 9.53 Å². The molecule has 1 atom stereocenters. The van der Waals surface area contributed by atoms with Crippen molar-refractivity contribution in [3.8, 4) is 0 Å². The van der Waals surface area contributed by atoms with Crippen LogP contribution in [0.15, 0.2) is 40.3 Å². The van der Waals surface area contributed by atoms with E-state index in [-0.39, 0.29) is 29.4 Å². The van der Waals surface area contributed by atoms with Gasteiger partial charge in [-0.2, -0.15) is 0 Å². The van der Waals surface area contributed by atoms with Gasteiger partial charge in [0, 0.05) is 11.8 Å². The maximum Gasteiger partial charge on any atom is 0.251 e. The number of benzene rings is 1. The minimum atomic E-state index is -0.362. The van der Waals surface area contributed by atoms with E-state index < -0.39 is 0 Å². The first-order valence-corrected chi connectivity index (χ1v) is 9.52. The number of amides is 1. The van der Waals surface area contributed by atoms with E-state index in [1.165, 1.54) is 17.8 Å². The molecule has 7 heteroatoms. The second-order valence-electron chi connectivity index (χ2n) is 6.22. The van der Waals surface area contributed by atoms with Gasteiger partial charge in [0.25, 0.3) is 5.56 Å². The quantitative estimate of drug-likeness (QED) is 0.545. The molecule has 1 aromatic heterocycles. The Morgan fingerprint density at radius 3 is 2.73 bits per heavy atom. The Hall–Kier alpha value is -2.12. The first-order chi connectivity index (χ1) is 12.4. The first kappa shape index (κ1) is 20.2. The molecular weight excluding hydrogens is 350 g/mol. The maximum atomic E-state index is 12.6. The van der Waals surface area contributed by atoms with E-state index in [0.29, 0.717) is 17.3 Å². The SMILES string of the molecule is CCC(Sc1nc(COC(C)C)cc(=O)[nH]1)C(=O)Nc1ccccc1C. The Morgan fingerprint density at radius 1 is 1.35 bits per heavy atom. The van der Waals surface area contributed by atoms with E-state index in [0.717, 1.165) is 11.3 Å². The van der Waals surface area contributed by atoms with Crippen LogP contribution in [0.5, 0.6) is 0 Å². The van der Waals surface area contributed by atoms with Gasteiger partial charge in [0.15, 0.2) is 5.16 Å². The summed E-state index contributed by atoms with van der Waals surface area (Å²) in [6, 6.07) is 9.04. The molecule has 0 aliphatic heterocycles. The van der Waals surface area contributed by atoms with Gasteiger partial charge in [-0.05, 0) is 38.8 Å². The second kappa shape index (κ2) is 9.54. The Balaban J connectivity index is 2.10. The molecule has 2 rings (SSSR count). The summed E-state index contributed by atoms with van der Waals surface area (Å²) in [5, 5.41) is 3.01. The average Bonchev–Trinajstić information content (AvgIpc) is 2.59. The molecule has 26 heavy (non-hydrogen) atoms. The van der Waals surface area contributed by atoms with Crippen LogP contribution in [0.1, 0.15) is 38.4 Å². The minimum Gasteiger partial charge on any atom is -0.373 e. The summed E-state index contributed by atoms with van der Waals surface area (Å²) in [4.78, 5) is 31.6. The zero-order chi connectivity index (χ0) is 19.1. The second-order valence-corrected chi connectivity index (χ2v) is 7.41. The zero-order valence-corrected chi connectivity index (χ0v) is 16.4. The van der Waals surface area contributed by atoms with E-state index in [1.54, 1.807) is 0 Å². The number of aromatic amines is 1. The van der Waals surface area contributed by atoms with Gasteiger partial charge in [-0.25, -0.2) is 4.98 Å². The Bertz CT molecular complexity index is 805. The molecule has 0 radical (unpaired) electrons. The minimum absolute atomic E-state index is 0.0514. The molecule has 140 valence electrons. The van der Waals surface area contributed by atoms with Gasteiger partial charge in [-0.1, -0.05) is 36.9 Å². The third kappa shape index (κ3) is 6.00. The van der Waals surface area contributed by atoms with Crippen LogP contribution in [0, 0.1) is 6.92 Å². The summed E-state index contributed by atoms with van der Waals surface area (Å²) < 4.78 is 5.50. The summed E-state index contributed by atoms with van der Waals surface area (Å²) in [7, 11) is 0. The molecule has 0 fully saturated rings. The Labute approximate surface area is 157 Å². The van der Waals surface area contributed by atoms with Crippen LogP contribution in [-0.2, 0) is 16.1 Å². The summed E-state index contributed by atoms with van der Waals surface area (Å²) in [5.74, 6) is -0.113. The lowest BCUT2D eigenvalue weighted by Crippen LogP contribution is -2.25. The fraction of sp³-hybridized carbons (Fsp3) is 0.421. The van der Waals surface area contributed by atoms with Crippen LogP contribution in [0.25, 0.3) is 0 Å². The Kier molecular flexibility index (Phi) is 7.41. The molecule has 2 aromatic rings. The highest BCUT2D eigenvalue weighted by Gasteiger charge is 2.20. The number of hydrogen-bond acceptors (Lipinski definition) is 5. The highest BCUT2D eigenvalue weighted by molar-refractivity contribution is 8.00. The standard InChI is InChI=1S/C19H25N3O3S/c1-5-16(18(24)21-15-9-7-6-8-13(15)4)26-19-20-14(10-17(23)22-19)11-25-12(2)3/h6-10,12,16H,5,11H2,1-4H3,(H,21,24)(H,20,22,23). The number of carbonyl (C=O) groups is 1. The number of nitrogens with one attached hydrogen (secondary N) is 2. The summed E-state index contributed by atoms with van der Waals surface area (Å²) in [5.41, 5.74) is 2.09. The number of aromatic nitrogens is 2. The topological polar surface area (TPSA) is 84.1 Å². The molecule has 0 saturated heterocycles. The van der Waals surface area contributed by atoms with E-state index in [9.17, 15) is 9.59 Å². The lowest BCUT2D eigenvalue weighted by atomic mass is 10.2. The number of para-hydroxylation sites is 1. The predicted octanol–water partition coefficient (Wildman–Crippen LogP) is 3.51. The fourth-order valence-electron chi connectivity index (χ4n) is 2.25. The number of anilines is 1. The Morgan fingerprint density at radius 2 is 2.08 bits per heavy atom. The lowest BCUT2D eigenvalue weighted by Gasteiger charge is -2.15. The summed E-state index contributed by atoms with van der Waals surface area (Å²) >= 11 is 1.25. The molecule has 1 heterocycles. The fourth-order valence-corrected chi connectivity index (χ4v) is 3.18. The van der Waals surface area contributed by atoms with Crippen molar-refractivity contribution in [1.82, 2.24) is 9.97 Å². The molecule has 0 spiro atoms. The van der Waals surface area contributed by atoms with E-state index in [1.807, 2.05) is 52.0 Å². The normalized spacial score (nSPS) is 12.2. The van der Waals surface area contributed by atoms with Crippen molar-refractivity contribution in [2.24, 2.45) is 0 Å². The highest BCUT2D eigenvalue weighted by atomic mass is 32.2. The van der Waals surface area contributed by atoms with E-state index in [4.69, 9.17) is 4.74 Å². The molecule has 0 aliphatic carbocycles. The molecule has 6 nitrogen and oxygen atoms in total. The van der Waals surface area contributed by atoms with Crippen molar-refractivity contribution in [3.05, 3.63) is 51.9 Å². The van der Waals surface area contributed by atoms with Gasteiger partial charge in [-0.3, -0.25) is 9.59 Å². The zero-order valence-electron chi connectivity index (χ0n) is 15.5. The van der Waals surface area contributed by atoms with Crippen molar-refractivity contribution in [3.63, 3.8) is 0 Å². The average molecular weight is 375 g/mol. The molecule has 1 unspecified atom stereocenters. The van der Waals surface area contributed by atoms with Crippen LogP contribution in [0.3, 0.4) is 0 Å². The van der Waals surface area contributed by atoms with Crippen LogP contribution < -0.4 is 10.9 Å². The predicted molar refractivity (Wildman–Crippen MR) is 105 cm³/mol. The first-order valence-electron chi connectivity index (χ1n) is 8.64. The van der Waals surface area contributed by atoms with Gasteiger partial charge in [0.1, 0.15) is 0 Å². The number of hydrogen-bond donors (Lipinski definition) is 2. The van der Waals surface area contributed by atoms with Crippen molar-refractivity contribution in [1.29, 1.82) is 0 Å². The number of nitrogens with zero attached hydrogens (tertiary/aromatic N) is 1. The van der Waals surface area contributed by atoms with Crippen LogP contribution in [0.4, 0.5) is 5.69 Å². The third-order valence-electron chi connectivity index (χ3n) is 3.66. The molecule has 2 N–H and O–H groups in total. The van der Waals surface area contributed by atoms with E-state index >= 15 is 0 Å². The van der Waals surface area contributed by atoms with Gasteiger partial charge < -0.3 is 15.0 Å². The van der Waals surface area contributed by atoms with E-state index in [2.05, 4.69) is 15.3 Å². The van der Waals surface area contributed by atoms with Gasteiger partial charge in [-0.15, -0.1) is 0 Å². The van der Waals surface area contributed by atoms with Gasteiger partial charge >= 0.3 is 0 Å². The van der Waals surface area contributed by atoms with Gasteiger partial charge in [0.2, 0.25) is 5.91 Å². The summed E-state index contributed by atoms with van der Waals surface area (Å²) in [6.45, 7) is 7.99. The number of rotatable bonds is 8. The number of thioether (sulfide) groups is 1. The lowest BCUT2D eigenvalue weighted by molar-refractivity contribution is -0.115. The molecule has 0 saturated carbocycles. The number of carbonyl (C=O) groups excluding carboxylic acids is 1. The number of aryl methyl sites for hydroxylation is 1. The third-order valence-corrected chi connectivity index (χ3v) is 4.91. The van der Waals surface area contributed by atoms with Crippen molar-refractivity contribution in [2.45, 2.75) is 57.2 Å². The molecule has 0 aliphatic rings. The smallest absolute Gasteiger partial charge is 0.251 e. The van der Waals surface area contributed by atoms with Gasteiger partial charge in [0.05, 0.1) is 23.7 Å². The molecule has 1 aromatic carbocycles. The van der Waals surface area contributed by atoms with Crippen molar-refractivity contribution >= 4 is 23.4 Å². The largest absolute Gasteiger partial charge is 0.373 e. The molecule has 1 amide bonds.